The molecule has 0 atom stereocenters. The first-order valence-corrected chi connectivity index (χ1v) is 12.5. The van der Waals surface area contributed by atoms with Crippen molar-refractivity contribution in [3.63, 3.8) is 0 Å². The number of sulfonamides is 1. The van der Waals surface area contributed by atoms with Crippen LogP contribution in [-0.4, -0.2) is 41.7 Å². The molecule has 32 heavy (non-hydrogen) atoms. The van der Waals surface area contributed by atoms with Gasteiger partial charge in [-0.3, -0.25) is 4.79 Å². The van der Waals surface area contributed by atoms with Gasteiger partial charge in [0.15, 0.2) is 5.13 Å². The van der Waals surface area contributed by atoms with Crippen molar-refractivity contribution >= 4 is 43.7 Å². The first-order valence-electron chi connectivity index (χ1n) is 9.33. The Morgan fingerprint density at radius 1 is 1.16 bits per heavy atom. The van der Waals surface area contributed by atoms with Crippen molar-refractivity contribution in [2.24, 2.45) is 5.92 Å². The number of amides is 1. The molecule has 170 valence electrons. The minimum absolute atomic E-state index is 0.0550. The van der Waals surface area contributed by atoms with Gasteiger partial charge in [0.1, 0.15) is 0 Å². The van der Waals surface area contributed by atoms with Crippen LogP contribution in [0.2, 0.25) is 0 Å². The summed E-state index contributed by atoms with van der Waals surface area (Å²) in [4.78, 5) is 21.9. The maximum absolute atomic E-state index is 12.7. The van der Waals surface area contributed by atoms with E-state index in [-0.39, 0.29) is 23.9 Å². The molecule has 4 rings (SSSR count). The van der Waals surface area contributed by atoms with Gasteiger partial charge in [-0.25, -0.2) is 18.4 Å². The Labute approximate surface area is 190 Å². The molecule has 1 amide bonds. The maximum atomic E-state index is 12.7. The lowest BCUT2D eigenvalue weighted by molar-refractivity contribution is -0.137. The van der Waals surface area contributed by atoms with Gasteiger partial charge in [-0.15, -0.1) is 22.7 Å². The number of carbonyl (C=O) groups is 1. The summed E-state index contributed by atoms with van der Waals surface area (Å²) in [6.45, 7) is 3.68. The van der Waals surface area contributed by atoms with Crippen LogP contribution >= 0.6 is 22.7 Å². The van der Waals surface area contributed by atoms with Gasteiger partial charge in [0, 0.05) is 18.5 Å². The van der Waals surface area contributed by atoms with Gasteiger partial charge in [0.05, 0.1) is 37.6 Å². The summed E-state index contributed by atoms with van der Waals surface area (Å²) in [5, 5.41) is 5.84. The number of benzene rings is 1. The van der Waals surface area contributed by atoms with Gasteiger partial charge < -0.3 is 5.32 Å². The Bertz CT molecular complexity index is 1260. The van der Waals surface area contributed by atoms with Crippen molar-refractivity contribution in [3.8, 4) is 10.6 Å². The Balaban J connectivity index is 1.37. The van der Waals surface area contributed by atoms with E-state index >= 15 is 0 Å². The van der Waals surface area contributed by atoms with Crippen molar-refractivity contribution in [1.82, 2.24) is 14.3 Å². The fourth-order valence-corrected chi connectivity index (χ4v) is 6.37. The molecule has 7 nitrogen and oxygen atoms in total. The number of nitrogens with zero attached hydrogens (tertiary/aromatic N) is 3. The first-order chi connectivity index (χ1) is 14.9. The Morgan fingerprint density at radius 3 is 2.38 bits per heavy atom. The van der Waals surface area contributed by atoms with Crippen LogP contribution in [0.1, 0.15) is 16.3 Å². The zero-order valence-corrected chi connectivity index (χ0v) is 19.3. The van der Waals surface area contributed by atoms with Crippen LogP contribution in [0.3, 0.4) is 0 Å². The highest BCUT2D eigenvalue weighted by Crippen LogP contribution is 2.34. The Kier molecular flexibility index (Phi) is 5.86. The summed E-state index contributed by atoms with van der Waals surface area (Å²) in [6, 6.07) is 3.30. The average molecular weight is 503 g/mol. The topological polar surface area (TPSA) is 92.3 Å². The lowest BCUT2D eigenvalue weighted by Crippen LogP contribution is -2.54. The number of anilines is 1. The van der Waals surface area contributed by atoms with E-state index in [4.69, 9.17) is 0 Å². The highest BCUT2D eigenvalue weighted by Gasteiger charge is 2.41. The average Bonchev–Trinajstić information content (AvgIpc) is 3.25. The Hall–Kier alpha value is -2.35. The van der Waals surface area contributed by atoms with Crippen LogP contribution in [0.25, 0.3) is 10.6 Å². The van der Waals surface area contributed by atoms with E-state index in [0.29, 0.717) is 10.8 Å². The monoisotopic (exact) mass is 502 g/mol. The van der Waals surface area contributed by atoms with E-state index in [1.165, 1.54) is 22.7 Å². The smallest absolute Gasteiger partial charge is 0.302 e. The second-order valence-corrected chi connectivity index (χ2v) is 11.2. The van der Waals surface area contributed by atoms with Crippen LogP contribution in [0.15, 0.2) is 34.5 Å². The maximum Gasteiger partial charge on any atom is 0.416 e. The molecule has 0 aliphatic carbocycles. The largest absolute Gasteiger partial charge is 0.416 e. The number of hydrogen-bond donors (Lipinski definition) is 1. The second-order valence-electron chi connectivity index (χ2n) is 7.22. The van der Waals surface area contributed by atoms with E-state index in [9.17, 15) is 26.4 Å². The number of aromatic nitrogens is 2. The molecule has 3 heterocycles. The fraction of sp³-hybridized carbons (Fsp3) is 0.316. The van der Waals surface area contributed by atoms with Gasteiger partial charge >= 0.3 is 6.18 Å². The molecule has 1 saturated heterocycles. The van der Waals surface area contributed by atoms with Crippen LogP contribution in [-0.2, 0) is 21.0 Å². The van der Waals surface area contributed by atoms with Crippen LogP contribution < -0.4 is 5.32 Å². The minimum atomic E-state index is -4.55. The number of alkyl halides is 3. The Morgan fingerprint density at radius 2 is 1.81 bits per heavy atom. The molecule has 0 bridgehead atoms. The van der Waals surface area contributed by atoms with Crippen molar-refractivity contribution < 1.29 is 26.4 Å². The van der Waals surface area contributed by atoms with E-state index in [0.717, 1.165) is 44.1 Å². The fourth-order valence-electron chi connectivity index (χ4n) is 3.18. The number of nitrogens with one attached hydrogen (secondary N) is 1. The second kappa shape index (κ2) is 8.21. The predicted octanol–water partition coefficient (Wildman–Crippen LogP) is 4.16. The molecule has 2 aromatic heterocycles. The summed E-state index contributed by atoms with van der Waals surface area (Å²) >= 11 is 2.77. The summed E-state index contributed by atoms with van der Waals surface area (Å²) in [5.41, 5.74) is 0.649. The van der Waals surface area contributed by atoms with Crippen LogP contribution in [0.5, 0.6) is 0 Å². The molecule has 1 fully saturated rings. The van der Waals surface area contributed by atoms with Gasteiger partial charge in [-0.05, 0) is 38.1 Å². The summed E-state index contributed by atoms with van der Waals surface area (Å²) < 4.78 is 64.3. The molecule has 0 radical (unpaired) electrons. The number of hydrogen-bond acceptors (Lipinski definition) is 7. The lowest BCUT2D eigenvalue weighted by atomic mass is 10.0. The van der Waals surface area contributed by atoms with E-state index < -0.39 is 27.7 Å². The van der Waals surface area contributed by atoms with E-state index in [2.05, 4.69) is 15.3 Å². The number of halogens is 3. The first kappa shape index (κ1) is 22.8. The summed E-state index contributed by atoms with van der Waals surface area (Å²) in [5.74, 6) is -0.930. The van der Waals surface area contributed by atoms with Crippen molar-refractivity contribution in [2.75, 3.05) is 18.4 Å². The summed E-state index contributed by atoms with van der Waals surface area (Å²) in [7, 11) is -3.97. The number of rotatable bonds is 5. The molecular formula is C19H17F3N4O3S3. The molecule has 0 spiro atoms. The zero-order valence-electron chi connectivity index (χ0n) is 16.8. The minimum Gasteiger partial charge on any atom is -0.302 e. The molecule has 1 aliphatic rings. The lowest BCUT2D eigenvalue weighted by Gasteiger charge is -2.36. The van der Waals surface area contributed by atoms with Crippen molar-refractivity contribution in [1.29, 1.82) is 0 Å². The molecule has 1 aliphatic heterocycles. The highest BCUT2D eigenvalue weighted by atomic mass is 32.2. The van der Waals surface area contributed by atoms with Crippen molar-refractivity contribution in [3.05, 3.63) is 45.9 Å². The molecule has 1 aromatic carbocycles. The van der Waals surface area contributed by atoms with Crippen molar-refractivity contribution in [2.45, 2.75) is 24.9 Å². The third-order valence-electron chi connectivity index (χ3n) is 4.91. The van der Waals surface area contributed by atoms with Crippen LogP contribution in [0.4, 0.5) is 18.3 Å². The van der Waals surface area contributed by atoms with Gasteiger partial charge in [0.25, 0.3) is 0 Å². The molecule has 3 aromatic rings. The van der Waals surface area contributed by atoms with Gasteiger partial charge in [-0.2, -0.15) is 17.5 Å². The summed E-state index contributed by atoms with van der Waals surface area (Å²) in [6.07, 6.45) is -4.55. The SMILES string of the molecule is Cc1nc(C)c(-c2csc(NC(=O)C3CN(S(=O)(=O)c4ccc(C(F)(F)F)cc4)C3)n2)s1. The predicted molar refractivity (Wildman–Crippen MR) is 115 cm³/mol. The molecule has 1 N–H and O–H groups in total. The number of thiazole rings is 2. The standard InChI is InChI=1S/C19H17F3N4O3S3/c1-10-16(31-11(2)23-10)15-9-30-18(24-15)25-17(27)12-7-26(8-12)32(28,29)14-5-3-13(4-6-14)19(20,21)22/h3-6,9,12H,7-8H2,1-2H3,(H,24,25,27). The van der Waals surface area contributed by atoms with Crippen LogP contribution in [0, 0.1) is 19.8 Å². The molecule has 0 saturated carbocycles. The van der Waals surface area contributed by atoms with E-state index in [1.807, 2.05) is 19.2 Å². The van der Waals surface area contributed by atoms with E-state index in [1.54, 1.807) is 0 Å². The number of aryl methyl sites for hydroxylation is 2. The molecule has 0 unspecified atom stereocenters. The zero-order chi connectivity index (χ0) is 23.3. The quantitative estimate of drug-likeness (QED) is 0.566. The third kappa shape index (κ3) is 4.42. The van der Waals surface area contributed by atoms with Gasteiger partial charge in [0.2, 0.25) is 15.9 Å². The highest BCUT2D eigenvalue weighted by molar-refractivity contribution is 7.89. The molecular weight excluding hydrogens is 485 g/mol. The third-order valence-corrected chi connectivity index (χ3v) is 8.61. The normalized spacial score (nSPS) is 15.5. The molecule has 13 heteroatoms. The number of carbonyl (C=O) groups excluding carboxylic acids is 1. The van der Waals surface area contributed by atoms with Gasteiger partial charge in [-0.1, -0.05) is 0 Å².